The number of ketones is 1. The first-order valence-corrected chi connectivity index (χ1v) is 12.1. The first-order chi connectivity index (χ1) is 15.5. The van der Waals surface area contributed by atoms with Crippen LogP contribution >= 0.6 is 0 Å². The number of aromatic nitrogens is 1. The Kier molecular flexibility index (Phi) is 4.44. The molecule has 1 aromatic carbocycles. The first kappa shape index (κ1) is 19.9. The lowest BCUT2D eigenvalue weighted by atomic mass is 9.46. The molecule has 2 saturated carbocycles. The monoisotopic (exact) mass is 421 g/mol. The summed E-state index contributed by atoms with van der Waals surface area (Å²) in [6, 6.07) is 15.2. The predicted molar refractivity (Wildman–Crippen MR) is 129 cm³/mol. The number of carbonyl (C=O) groups is 1. The lowest BCUT2D eigenvalue weighted by Crippen LogP contribution is -2.49. The molecule has 1 heterocycles. The van der Waals surface area contributed by atoms with Crippen molar-refractivity contribution in [1.29, 1.82) is 0 Å². The Labute approximate surface area is 191 Å². The van der Waals surface area contributed by atoms with E-state index in [0.29, 0.717) is 30.0 Å². The van der Waals surface area contributed by atoms with Gasteiger partial charge < -0.3 is 0 Å². The summed E-state index contributed by atoms with van der Waals surface area (Å²) in [6.45, 7) is 4.92. The molecule has 0 amide bonds. The minimum Gasteiger partial charge on any atom is -0.295 e. The smallest absolute Gasteiger partial charge is 0.155 e. The van der Waals surface area contributed by atoms with Gasteiger partial charge in [-0.15, -0.1) is 0 Å². The molecule has 2 fully saturated rings. The largest absolute Gasteiger partial charge is 0.295 e. The topological polar surface area (TPSA) is 30.0 Å². The molecule has 0 spiro atoms. The third kappa shape index (κ3) is 2.78. The minimum absolute atomic E-state index is 0.0908. The molecule has 1 aromatic heterocycles. The van der Waals surface area contributed by atoms with Crippen LogP contribution < -0.4 is 0 Å². The summed E-state index contributed by atoms with van der Waals surface area (Å²) in [5, 5.41) is 0. The molecule has 0 saturated heterocycles. The molecular weight excluding hydrogens is 390 g/mol. The maximum Gasteiger partial charge on any atom is 0.155 e. The number of benzene rings is 1. The predicted octanol–water partition coefficient (Wildman–Crippen LogP) is 6.92. The van der Waals surface area contributed by atoms with Gasteiger partial charge in [-0.1, -0.05) is 73.5 Å². The van der Waals surface area contributed by atoms with E-state index >= 15 is 0 Å². The van der Waals surface area contributed by atoms with Crippen molar-refractivity contribution >= 4 is 11.4 Å². The molecule has 32 heavy (non-hydrogen) atoms. The highest BCUT2D eigenvalue weighted by Crippen LogP contribution is 2.67. The number of fused-ring (bicyclic) bond motifs is 5. The molecule has 4 aliphatic carbocycles. The molecule has 0 bridgehead atoms. The van der Waals surface area contributed by atoms with Crippen molar-refractivity contribution in [2.24, 2.45) is 22.7 Å². The van der Waals surface area contributed by atoms with Gasteiger partial charge in [0.15, 0.2) is 5.78 Å². The number of carbonyl (C=O) groups excluding carboxylic acids is 1. The van der Waals surface area contributed by atoms with E-state index in [4.69, 9.17) is 0 Å². The van der Waals surface area contributed by atoms with E-state index in [1.165, 1.54) is 35.1 Å². The maximum atomic E-state index is 12.5. The first-order valence-electron chi connectivity index (χ1n) is 12.1. The van der Waals surface area contributed by atoms with Gasteiger partial charge >= 0.3 is 0 Å². The van der Waals surface area contributed by atoms with E-state index in [9.17, 15) is 4.79 Å². The lowest BCUT2D eigenvalue weighted by molar-refractivity contribution is -0.116. The molecular formula is C30H31NO. The maximum absolute atomic E-state index is 12.5. The van der Waals surface area contributed by atoms with E-state index < -0.39 is 0 Å². The van der Waals surface area contributed by atoms with Crippen LogP contribution in [0.4, 0.5) is 0 Å². The lowest BCUT2D eigenvalue weighted by Gasteiger charge is -2.58. The van der Waals surface area contributed by atoms with Crippen LogP contribution in [0, 0.1) is 22.7 Å². The number of hydrogen-bond acceptors (Lipinski definition) is 2. The average molecular weight is 422 g/mol. The third-order valence-electron chi connectivity index (χ3n) is 9.23. The second-order valence-electron chi connectivity index (χ2n) is 10.7. The molecule has 4 aliphatic rings. The van der Waals surface area contributed by atoms with Crippen LogP contribution in [-0.2, 0) is 4.79 Å². The van der Waals surface area contributed by atoms with Crippen LogP contribution in [0.3, 0.4) is 0 Å². The van der Waals surface area contributed by atoms with Gasteiger partial charge in [0.25, 0.3) is 0 Å². The molecule has 5 atom stereocenters. The fourth-order valence-corrected chi connectivity index (χ4v) is 7.58. The van der Waals surface area contributed by atoms with Gasteiger partial charge in [-0.05, 0) is 71.8 Å². The zero-order chi connectivity index (χ0) is 21.9. The summed E-state index contributed by atoms with van der Waals surface area (Å²) in [5.41, 5.74) is 7.27. The van der Waals surface area contributed by atoms with E-state index in [0.717, 1.165) is 12.8 Å². The van der Waals surface area contributed by atoms with Gasteiger partial charge in [0.1, 0.15) is 0 Å². The van der Waals surface area contributed by atoms with Crippen molar-refractivity contribution < 1.29 is 4.79 Å². The van der Waals surface area contributed by atoms with Crippen molar-refractivity contribution in [3.63, 3.8) is 0 Å². The van der Waals surface area contributed by atoms with Crippen molar-refractivity contribution in [2.45, 2.75) is 51.9 Å². The second kappa shape index (κ2) is 7.13. The van der Waals surface area contributed by atoms with Crippen molar-refractivity contribution in [2.75, 3.05) is 0 Å². The Hall–Kier alpha value is -2.74. The molecule has 6 rings (SSSR count). The zero-order valence-electron chi connectivity index (χ0n) is 19.1. The van der Waals surface area contributed by atoms with Crippen molar-refractivity contribution in [3.8, 4) is 0 Å². The van der Waals surface area contributed by atoms with Crippen LogP contribution in [0.5, 0.6) is 0 Å². The summed E-state index contributed by atoms with van der Waals surface area (Å²) in [5.74, 6) is 1.82. The van der Waals surface area contributed by atoms with Gasteiger partial charge in [0, 0.05) is 30.1 Å². The molecule has 2 nitrogen and oxygen atoms in total. The number of pyridine rings is 1. The highest BCUT2D eigenvalue weighted by atomic mass is 16.1. The SMILES string of the molecule is CC12CCC3C(CC(c4ccccc4)C4=CC(=O)CCC43C)C1=CC=C2c1cccnc1. The Morgan fingerprint density at radius 1 is 0.969 bits per heavy atom. The fourth-order valence-electron chi connectivity index (χ4n) is 7.58. The van der Waals surface area contributed by atoms with E-state index in [1.807, 2.05) is 24.5 Å². The Morgan fingerprint density at radius 3 is 2.59 bits per heavy atom. The number of allylic oxidation sites excluding steroid dienone is 6. The quantitative estimate of drug-likeness (QED) is 0.527. The van der Waals surface area contributed by atoms with E-state index in [2.05, 4.69) is 67.4 Å². The van der Waals surface area contributed by atoms with Crippen LogP contribution in [-0.4, -0.2) is 10.8 Å². The normalized spacial score (nSPS) is 35.8. The minimum atomic E-state index is 0.0908. The van der Waals surface area contributed by atoms with E-state index in [1.54, 1.807) is 5.57 Å². The Bertz CT molecular complexity index is 1160. The Balaban J connectivity index is 1.43. The molecule has 5 unspecified atom stereocenters. The summed E-state index contributed by atoms with van der Waals surface area (Å²) in [4.78, 5) is 16.9. The molecule has 0 radical (unpaired) electrons. The number of hydrogen-bond donors (Lipinski definition) is 0. The summed E-state index contributed by atoms with van der Waals surface area (Å²) < 4.78 is 0. The Morgan fingerprint density at radius 2 is 1.81 bits per heavy atom. The number of rotatable bonds is 2. The molecule has 0 N–H and O–H groups in total. The molecule has 0 aliphatic heterocycles. The second-order valence-corrected chi connectivity index (χ2v) is 10.7. The van der Waals surface area contributed by atoms with Gasteiger partial charge in [0.2, 0.25) is 0 Å². The zero-order valence-corrected chi connectivity index (χ0v) is 19.1. The van der Waals surface area contributed by atoms with Crippen LogP contribution in [0.1, 0.15) is 63.0 Å². The average Bonchev–Trinajstić information content (AvgIpc) is 3.18. The van der Waals surface area contributed by atoms with Gasteiger partial charge in [-0.3, -0.25) is 9.78 Å². The van der Waals surface area contributed by atoms with Crippen LogP contribution in [0.2, 0.25) is 0 Å². The summed E-state index contributed by atoms with van der Waals surface area (Å²) in [7, 11) is 0. The molecule has 2 aromatic rings. The third-order valence-corrected chi connectivity index (χ3v) is 9.23. The highest BCUT2D eigenvalue weighted by Gasteiger charge is 2.56. The van der Waals surface area contributed by atoms with Gasteiger partial charge in [-0.25, -0.2) is 0 Å². The van der Waals surface area contributed by atoms with Gasteiger partial charge in [-0.2, -0.15) is 0 Å². The van der Waals surface area contributed by atoms with E-state index in [-0.39, 0.29) is 10.8 Å². The molecule has 2 heteroatoms. The summed E-state index contributed by atoms with van der Waals surface area (Å²) >= 11 is 0. The fraction of sp³-hybridized carbons (Fsp3) is 0.400. The standard InChI is InChI=1S/C30H31NO/c1-29-15-13-27-24(26(29)11-10-25(29)21-9-6-16-31-19-21)18-23(20-7-4-3-5-8-20)28-17-22(32)12-14-30(27,28)2/h3-11,16-17,19,23-24,27H,12-15,18H2,1-2H3. The molecule has 162 valence electrons. The highest BCUT2D eigenvalue weighted by molar-refractivity contribution is 5.92. The van der Waals surface area contributed by atoms with Crippen LogP contribution in [0.25, 0.3) is 5.57 Å². The van der Waals surface area contributed by atoms with Crippen molar-refractivity contribution in [3.05, 3.63) is 95.4 Å². The van der Waals surface area contributed by atoms with Crippen molar-refractivity contribution in [1.82, 2.24) is 4.98 Å². The van der Waals surface area contributed by atoms with Crippen LogP contribution in [0.15, 0.2) is 84.2 Å². The number of nitrogens with zero attached hydrogens (tertiary/aromatic N) is 1. The van der Waals surface area contributed by atoms with Gasteiger partial charge in [0.05, 0.1) is 0 Å². The summed E-state index contributed by atoms with van der Waals surface area (Å²) in [6.07, 6.45) is 15.9.